The average molecular weight is 229 g/mol. The van der Waals surface area contributed by atoms with Crippen LogP contribution in [0.25, 0.3) is 0 Å². The van der Waals surface area contributed by atoms with Gasteiger partial charge in [0.1, 0.15) is 0 Å². The fourth-order valence-corrected chi connectivity index (χ4v) is 1.36. The first kappa shape index (κ1) is 11.9. The van der Waals surface area contributed by atoms with Crippen LogP contribution in [0.15, 0.2) is 18.2 Å². The van der Waals surface area contributed by atoms with Crippen molar-refractivity contribution in [1.29, 1.82) is 0 Å². The van der Waals surface area contributed by atoms with Gasteiger partial charge < -0.3 is 9.47 Å². The van der Waals surface area contributed by atoms with Crippen LogP contribution >= 0.6 is 11.6 Å². The van der Waals surface area contributed by atoms with Crippen molar-refractivity contribution in [1.82, 2.24) is 0 Å². The second-order valence-electron chi connectivity index (χ2n) is 3.04. The van der Waals surface area contributed by atoms with Crippen LogP contribution in [-0.4, -0.2) is 25.9 Å². The Balaban J connectivity index is 2.88. The van der Waals surface area contributed by atoms with Crippen LogP contribution in [0.1, 0.15) is 5.56 Å². The molecule has 3 nitrogen and oxygen atoms in total. The number of ketones is 1. The molecule has 0 atom stereocenters. The summed E-state index contributed by atoms with van der Waals surface area (Å²) in [5.41, 5.74) is 0.873. The van der Waals surface area contributed by atoms with E-state index in [4.69, 9.17) is 21.1 Å². The summed E-state index contributed by atoms with van der Waals surface area (Å²) in [4.78, 5) is 11.1. The topological polar surface area (TPSA) is 35.5 Å². The van der Waals surface area contributed by atoms with Crippen molar-refractivity contribution in [3.63, 3.8) is 0 Å². The Kier molecular flexibility index (Phi) is 4.43. The molecule has 0 heterocycles. The number of rotatable bonds is 5. The molecule has 0 N–H and O–H groups in total. The molecule has 0 radical (unpaired) electrons. The van der Waals surface area contributed by atoms with Gasteiger partial charge in [-0.2, -0.15) is 0 Å². The number of hydrogen-bond acceptors (Lipinski definition) is 3. The lowest BCUT2D eigenvalue weighted by molar-refractivity contribution is -0.116. The molecule has 0 spiro atoms. The monoisotopic (exact) mass is 228 g/mol. The summed E-state index contributed by atoms with van der Waals surface area (Å²) in [5.74, 6) is 1.30. The number of alkyl halides is 1. The number of ether oxygens (including phenoxy) is 2. The summed E-state index contributed by atoms with van der Waals surface area (Å²) >= 11 is 5.43. The van der Waals surface area contributed by atoms with Crippen molar-refractivity contribution in [2.45, 2.75) is 6.42 Å². The molecule has 15 heavy (non-hydrogen) atoms. The van der Waals surface area contributed by atoms with E-state index in [1.54, 1.807) is 26.4 Å². The molecule has 0 aliphatic heterocycles. The Bertz CT molecular complexity index is 350. The van der Waals surface area contributed by atoms with Crippen molar-refractivity contribution >= 4 is 17.4 Å². The molecule has 0 bridgehead atoms. The van der Waals surface area contributed by atoms with Crippen LogP contribution in [0.2, 0.25) is 0 Å². The number of benzene rings is 1. The minimum absolute atomic E-state index is 0.0103. The molecular weight excluding hydrogens is 216 g/mol. The fourth-order valence-electron chi connectivity index (χ4n) is 1.27. The molecule has 0 unspecified atom stereocenters. The first-order valence-electron chi connectivity index (χ1n) is 4.49. The molecule has 1 aromatic rings. The normalized spacial score (nSPS) is 9.80. The van der Waals surface area contributed by atoms with E-state index >= 15 is 0 Å². The summed E-state index contributed by atoms with van der Waals surface area (Å²) in [6, 6.07) is 5.38. The van der Waals surface area contributed by atoms with Crippen LogP contribution < -0.4 is 9.47 Å². The van der Waals surface area contributed by atoms with Gasteiger partial charge in [-0.25, -0.2) is 0 Å². The highest BCUT2D eigenvalue weighted by molar-refractivity contribution is 6.27. The second-order valence-corrected chi connectivity index (χ2v) is 3.31. The maximum absolute atomic E-state index is 11.1. The van der Waals surface area contributed by atoms with Gasteiger partial charge in [0.15, 0.2) is 17.3 Å². The first-order valence-corrected chi connectivity index (χ1v) is 5.03. The zero-order valence-electron chi connectivity index (χ0n) is 8.75. The molecular formula is C11H13ClO3. The van der Waals surface area contributed by atoms with E-state index in [0.29, 0.717) is 17.9 Å². The number of carbonyl (C=O) groups is 1. The van der Waals surface area contributed by atoms with E-state index in [-0.39, 0.29) is 11.7 Å². The van der Waals surface area contributed by atoms with Crippen molar-refractivity contribution in [2.75, 3.05) is 20.1 Å². The lowest BCUT2D eigenvalue weighted by atomic mass is 10.1. The Morgan fingerprint density at radius 3 is 2.47 bits per heavy atom. The zero-order chi connectivity index (χ0) is 11.3. The highest BCUT2D eigenvalue weighted by Crippen LogP contribution is 2.27. The number of carbonyl (C=O) groups excluding carboxylic acids is 1. The van der Waals surface area contributed by atoms with Gasteiger partial charge in [-0.1, -0.05) is 6.07 Å². The van der Waals surface area contributed by atoms with E-state index in [0.717, 1.165) is 5.56 Å². The van der Waals surface area contributed by atoms with E-state index < -0.39 is 0 Å². The van der Waals surface area contributed by atoms with Crippen LogP contribution in [0.4, 0.5) is 0 Å². The van der Waals surface area contributed by atoms with Crippen LogP contribution in [-0.2, 0) is 11.2 Å². The van der Waals surface area contributed by atoms with E-state index in [2.05, 4.69) is 0 Å². The third kappa shape index (κ3) is 3.13. The highest BCUT2D eigenvalue weighted by atomic mass is 35.5. The lowest BCUT2D eigenvalue weighted by Gasteiger charge is -2.08. The largest absolute Gasteiger partial charge is 0.493 e. The lowest BCUT2D eigenvalue weighted by Crippen LogP contribution is -2.04. The highest BCUT2D eigenvalue weighted by Gasteiger charge is 2.07. The number of halogens is 1. The molecule has 4 heteroatoms. The van der Waals surface area contributed by atoms with Gasteiger partial charge in [0, 0.05) is 6.42 Å². The van der Waals surface area contributed by atoms with E-state index in [9.17, 15) is 4.79 Å². The Hall–Kier alpha value is -1.22. The minimum atomic E-state index is -0.0103. The summed E-state index contributed by atoms with van der Waals surface area (Å²) in [6.07, 6.45) is 0.323. The van der Waals surface area contributed by atoms with E-state index in [1.165, 1.54) is 0 Å². The summed E-state index contributed by atoms with van der Waals surface area (Å²) in [5, 5.41) is 0. The SMILES string of the molecule is COc1ccc(CC(=O)CCl)cc1OC. The Morgan fingerprint density at radius 1 is 1.27 bits per heavy atom. The van der Waals surface area contributed by atoms with Crippen LogP contribution in [0, 0.1) is 0 Å². The molecule has 0 fully saturated rings. The quantitative estimate of drug-likeness (QED) is 0.724. The predicted octanol–water partition coefficient (Wildman–Crippen LogP) is 2.05. The average Bonchev–Trinajstić information content (AvgIpc) is 2.28. The Labute approximate surface area is 93.9 Å². The second kappa shape index (κ2) is 5.61. The van der Waals surface area contributed by atoms with E-state index in [1.807, 2.05) is 6.07 Å². The standard InChI is InChI=1S/C11H13ClO3/c1-14-10-4-3-8(5-9(13)7-12)6-11(10)15-2/h3-4,6H,5,7H2,1-2H3. The van der Waals surface area contributed by atoms with Gasteiger partial charge >= 0.3 is 0 Å². The molecule has 0 amide bonds. The molecule has 0 saturated carbocycles. The minimum Gasteiger partial charge on any atom is -0.493 e. The summed E-state index contributed by atoms with van der Waals surface area (Å²) < 4.78 is 10.2. The number of methoxy groups -OCH3 is 2. The number of hydrogen-bond donors (Lipinski definition) is 0. The van der Waals surface area contributed by atoms with Gasteiger partial charge in [-0.3, -0.25) is 4.79 Å². The van der Waals surface area contributed by atoms with Crippen LogP contribution in [0.5, 0.6) is 11.5 Å². The molecule has 0 aliphatic rings. The van der Waals surface area contributed by atoms with Crippen molar-refractivity contribution < 1.29 is 14.3 Å². The van der Waals surface area contributed by atoms with Gasteiger partial charge in [0.2, 0.25) is 0 Å². The summed E-state index contributed by atoms with van der Waals surface area (Å²) in [6.45, 7) is 0. The number of Topliss-reactive ketones (excluding diaryl/α,β-unsaturated/α-hetero) is 1. The molecule has 0 aliphatic carbocycles. The molecule has 1 rings (SSSR count). The molecule has 82 valence electrons. The smallest absolute Gasteiger partial charge is 0.161 e. The van der Waals surface area contributed by atoms with Gasteiger partial charge in [0.05, 0.1) is 20.1 Å². The van der Waals surface area contributed by atoms with Gasteiger partial charge in [-0.05, 0) is 17.7 Å². The maximum atomic E-state index is 11.1. The summed E-state index contributed by atoms with van der Waals surface area (Å²) in [7, 11) is 3.13. The Morgan fingerprint density at radius 2 is 1.93 bits per heavy atom. The predicted molar refractivity (Wildman–Crippen MR) is 59.0 cm³/mol. The van der Waals surface area contributed by atoms with Crippen molar-refractivity contribution in [3.8, 4) is 11.5 Å². The molecule has 1 aromatic carbocycles. The third-order valence-electron chi connectivity index (χ3n) is 2.00. The maximum Gasteiger partial charge on any atom is 0.161 e. The first-order chi connectivity index (χ1) is 7.21. The van der Waals surface area contributed by atoms with Gasteiger partial charge in [-0.15, -0.1) is 11.6 Å². The zero-order valence-corrected chi connectivity index (χ0v) is 9.50. The molecule has 0 saturated heterocycles. The fraction of sp³-hybridized carbons (Fsp3) is 0.364. The van der Waals surface area contributed by atoms with Crippen LogP contribution in [0.3, 0.4) is 0 Å². The van der Waals surface area contributed by atoms with Crippen molar-refractivity contribution in [2.24, 2.45) is 0 Å². The van der Waals surface area contributed by atoms with Gasteiger partial charge in [0.25, 0.3) is 0 Å². The third-order valence-corrected chi connectivity index (χ3v) is 2.30. The molecule has 0 aromatic heterocycles. The van der Waals surface area contributed by atoms with Crippen molar-refractivity contribution in [3.05, 3.63) is 23.8 Å².